The van der Waals surface area contributed by atoms with Crippen LogP contribution in [0.3, 0.4) is 0 Å². The largest absolute Gasteiger partial charge is 0.103 e. The van der Waals surface area contributed by atoms with Crippen molar-refractivity contribution in [2.24, 2.45) is 0 Å². The monoisotopic (exact) mass is 266 g/mol. The third kappa shape index (κ3) is 6.11. The maximum atomic E-state index is 3.33. The van der Waals surface area contributed by atoms with Gasteiger partial charge in [0, 0.05) is 12.8 Å². The van der Waals surface area contributed by atoms with E-state index in [0.29, 0.717) is 0 Å². The highest BCUT2D eigenvalue weighted by Crippen LogP contribution is 2.21. The minimum absolute atomic E-state index is 1.04. The first-order valence-electron chi connectivity index (χ1n) is 8.13. The molecular weight excluding hydrogens is 240 g/mol. The fourth-order valence-electron chi connectivity index (χ4n) is 2.74. The van der Waals surface area contributed by atoms with Crippen LogP contribution in [-0.4, -0.2) is 0 Å². The molecule has 106 valence electrons. The summed E-state index contributed by atoms with van der Waals surface area (Å²) in [4.78, 5) is 0. The molecule has 0 nitrogen and oxygen atoms in total. The topological polar surface area (TPSA) is 0 Å². The second-order valence-corrected chi connectivity index (χ2v) is 5.65. The molecule has 0 spiro atoms. The van der Waals surface area contributed by atoms with Crippen LogP contribution in [0.4, 0.5) is 0 Å². The minimum atomic E-state index is 1.04. The molecule has 0 bridgehead atoms. The Kier molecular flexibility index (Phi) is 7.03. The van der Waals surface area contributed by atoms with Gasteiger partial charge in [-0.2, -0.15) is 0 Å². The standard InChI is InChI=1S/C20H26/c1(3-7-13-19-15-9-5-10-16-19)2-4-8-14-20-17-11-6-12-18-20/h5,9-10,15-17H,3-4,6-8,11-14,18H2. The third-order valence-electron chi connectivity index (χ3n) is 3.92. The van der Waals surface area contributed by atoms with Crippen LogP contribution in [-0.2, 0) is 6.42 Å². The zero-order valence-electron chi connectivity index (χ0n) is 12.5. The predicted molar refractivity (Wildman–Crippen MR) is 87.6 cm³/mol. The SMILES string of the molecule is C(#CCCCc1ccccc1)CCCC1=CCCCC1. The van der Waals surface area contributed by atoms with Gasteiger partial charge in [0.05, 0.1) is 0 Å². The molecule has 0 saturated heterocycles. The molecule has 0 heteroatoms. The van der Waals surface area contributed by atoms with Crippen molar-refractivity contribution in [3.05, 3.63) is 47.5 Å². The summed E-state index contributed by atoms with van der Waals surface area (Å²) in [5.74, 6) is 6.66. The molecule has 1 aromatic rings. The first-order valence-corrected chi connectivity index (χ1v) is 8.13. The molecule has 0 unspecified atom stereocenters. The van der Waals surface area contributed by atoms with Crippen LogP contribution < -0.4 is 0 Å². The van der Waals surface area contributed by atoms with Crippen LogP contribution in [0.1, 0.15) is 63.4 Å². The van der Waals surface area contributed by atoms with Crippen molar-refractivity contribution in [3.63, 3.8) is 0 Å². The van der Waals surface area contributed by atoms with E-state index >= 15 is 0 Å². The summed E-state index contributed by atoms with van der Waals surface area (Å²) in [6.45, 7) is 0. The van der Waals surface area contributed by atoms with E-state index in [2.05, 4.69) is 48.2 Å². The molecule has 0 aliphatic heterocycles. The third-order valence-corrected chi connectivity index (χ3v) is 3.92. The quantitative estimate of drug-likeness (QED) is 0.353. The summed E-state index contributed by atoms with van der Waals surface area (Å²) < 4.78 is 0. The number of hydrogen-bond donors (Lipinski definition) is 0. The number of benzene rings is 1. The molecular formula is C20H26. The number of rotatable bonds is 6. The van der Waals surface area contributed by atoms with Gasteiger partial charge in [-0.15, -0.1) is 11.8 Å². The van der Waals surface area contributed by atoms with Gasteiger partial charge in [-0.25, -0.2) is 0 Å². The summed E-state index contributed by atoms with van der Waals surface area (Å²) in [6.07, 6.45) is 14.9. The highest BCUT2D eigenvalue weighted by Gasteiger charge is 2.02. The average Bonchev–Trinajstić information content (AvgIpc) is 2.52. The Morgan fingerprint density at radius 1 is 0.850 bits per heavy atom. The normalized spacial score (nSPS) is 14.3. The average molecular weight is 266 g/mol. The van der Waals surface area contributed by atoms with Crippen molar-refractivity contribution in [1.82, 2.24) is 0 Å². The summed E-state index contributed by atoms with van der Waals surface area (Å²) in [5, 5.41) is 0. The summed E-state index contributed by atoms with van der Waals surface area (Å²) in [5.41, 5.74) is 3.11. The number of aryl methyl sites for hydroxylation is 1. The van der Waals surface area contributed by atoms with Crippen molar-refractivity contribution < 1.29 is 0 Å². The number of allylic oxidation sites excluding steroid dienone is 2. The van der Waals surface area contributed by atoms with Gasteiger partial charge in [-0.3, -0.25) is 0 Å². The fraction of sp³-hybridized carbons (Fsp3) is 0.500. The van der Waals surface area contributed by atoms with Gasteiger partial charge in [-0.1, -0.05) is 42.0 Å². The Bertz CT molecular complexity index is 456. The van der Waals surface area contributed by atoms with Crippen LogP contribution in [0, 0.1) is 11.8 Å². The van der Waals surface area contributed by atoms with Gasteiger partial charge in [0.15, 0.2) is 0 Å². The summed E-state index contributed by atoms with van der Waals surface area (Å²) in [7, 11) is 0. The molecule has 20 heavy (non-hydrogen) atoms. The molecule has 0 heterocycles. The lowest BCUT2D eigenvalue weighted by Gasteiger charge is -2.11. The van der Waals surface area contributed by atoms with Gasteiger partial charge in [0.25, 0.3) is 0 Å². The highest BCUT2D eigenvalue weighted by atomic mass is 14.1. The molecule has 0 amide bonds. The lowest BCUT2D eigenvalue weighted by atomic mass is 9.95. The first-order chi connectivity index (χ1) is 9.95. The van der Waals surface area contributed by atoms with Crippen molar-refractivity contribution in [3.8, 4) is 11.8 Å². The van der Waals surface area contributed by atoms with Gasteiger partial charge in [-0.05, 0) is 56.9 Å². The molecule has 0 fully saturated rings. The van der Waals surface area contributed by atoms with Gasteiger partial charge in [0.2, 0.25) is 0 Å². The van der Waals surface area contributed by atoms with Crippen LogP contribution in [0.2, 0.25) is 0 Å². The molecule has 0 N–H and O–H groups in total. The lowest BCUT2D eigenvalue weighted by Crippen LogP contribution is -1.91. The zero-order chi connectivity index (χ0) is 13.9. The maximum Gasteiger partial charge on any atom is 0.00918 e. The second kappa shape index (κ2) is 9.43. The van der Waals surface area contributed by atoms with Crippen LogP contribution >= 0.6 is 0 Å². The molecule has 0 radical (unpaired) electrons. The summed E-state index contributed by atoms with van der Waals surface area (Å²) in [6, 6.07) is 10.7. The molecule has 0 aromatic heterocycles. The molecule has 1 aliphatic rings. The number of unbranched alkanes of at least 4 members (excludes halogenated alkanes) is 2. The Balaban J connectivity index is 1.51. The van der Waals surface area contributed by atoms with Crippen LogP contribution in [0.5, 0.6) is 0 Å². The van der Waals surface area contributed by atoms with E-state index in [1.807, 2.05) is 0 Å². The number of hydrogen-bond acceptors (Lipinski definition) is 0. The van der Waals surface area contributed by atoms with E-state index in [0.717, 1.165) is 19.3 Å². The zero-order valence-corrected chi connectivity index (χ0v) is 12.5. The predicted octanol–water partition coefficient (Wildman–Crippen LogP) is 5.68. The fourth-order valence-corrected chi connectivity index (χ4v) is 2.74. The highest BCUT2D eigenvalue weighted by molar-refractivity contribution is 5.15. The molecule has 0 atom stereocenters. The van der Waals surface area contributed by atoms with E-state index in [4.69, 9.17) is 0 Å². The Morgan fingerprint density at radius 2 is 1.60 bits per heavy atom. The van der Waals surface area contributed by atoms with E-state index < -0.39 is 0 Å². The Morgan fingerprint density at radius 3 is 2.30 bits per heavy atom. The molecule has 2 rings (SSSR count). The van der Waals surface area contributed by atoms with Gasteiger partial charge in [0.1, 0.15) is 0 Å². The molecule has 0 saturated carbocycles. The van der Waals surface area contributed by atoms with Crippen LogP contribution in [0.15, 0.2) is 42.0 Å². The smallest absolute Gasteiger partial charge is 0.00918 e. The Hall–Kier alpha value is -1.48. The van der Waals surface area contributed by atoms with Crippen LogP contribution in [0.25, 0.3) is 0 Å². The van der Waals surface area contributed by atoms with E-state index in [-0.39, 0.29) is 0 Å². The van der Waals surface area contributed by atoms with Crippen molar-refractivity contribution in [2.45, 2.75) is 64.2 Å². The van der Waals surface area contributed by atoms with Crippen molar-refractivity contribution in [2.75, 3.05) is 0 Å². The molecule has 1 aliphatic carbocycles. The summed E-state index contributed by atoms with van der Waals surface area (Å²) >= 11 is 0. The van der Waals surface area contributed by atoms with E-state index in [1.165, 1.54) is 50.5 Å². The first kappa shape index (κ1) is 14.9. The van der Waals surface area contributed by atoms with Crippen molar-refractivity contribution in [1.29, 1.82) is 0 Å². The van der Waals surface area contributed by atoms with E-state index in [9.17, 15) is 0 Å². The minimum Gasteiger partial charge on any atom is -0.103 e. The second-order valence-electron chi connectivity index (χ2n) is 5.65. The van der Waals surface area contributed by atoms with E-state index in [1.54, 1.807) is 5.57 Å². The van der Waals surface area contributed by atoms with Crippen molar-refractivity contribution >= 4 is 0 Å². The lowest BCUT2D eigenvalue weighted by molar-refractivity contribution is 0.663. The maximum absolute atomic E-state index is 3.33. The Labute approximate surface area is 124 Å². The van der Waals surface area contributed by atoms with Gasteiger partial charge >= 0.3 is 0 Å². The van der Waals surface area contributed by atoms with Gasteiger partial charge < -0.3 is 0 Å². The molecule has 1 aromatic carbocycles.